The third-order valence-electron chi connectivity index (χ3n) is 6.98. The Bertz CT molecular complexity index is 899. The number of nitrogens with zero attached hydrogens (tertiary/aromatic N) is 3. The highest BCUT2D eigenvalue weighted by atomic mass is 32.1. The zero-order chi connectivity index (χ0) is 21.3. The first-order valence-corrected chi connectivity index (χ1v) is 12.2. The SMILES string of the molecule is C[NH+]1CCC[NH+](Cn2nc(-c3ccc(C(C)(C)C)cc3)n(C3CCCC3)c2=S)CC1. The third kappa shape index (κ3) is 4.71. The minimum Gasteiger partial charge on any atom is -0.333 e. The summed E-state index contributed by atoms with van der Waals surface area (Å²) < 4.78 is 5.41. The van der Waals surface area contributed by atoms with E-state index in [-0.39, 0.29) is 5.41 Å². The van der Waals surface area contributed by atoms with Crippen molar-refractivity contribution in [2.24, 2.45) is 0 Å². The molecule has 1 saturated carbocycles. The first-order chi connectivity index (χ1) is 14.3. The number of aromatic nitrogens is 3. The van der Waals surface area contributed by atoms with Gasteiger partial charge in [-0.05, 0) is 36.0 Å². The molecule has 2 aromatic rings. The average molecular weight is 430 g/mol. The van der Waals surface area contributed by atoms with Gasteiger partial charge in [0.25, 0.3) is 0 Å². The van der Waals surface area contributed by atoms with Crippen LogP contribution in [0, 0.1) is 4.77 Å². The van der Waals surface area contributed by atoms with Crippen LogP contribution in [-0.2, 0) is 12.1 Å². The topological polar surface area (TPSA) is 31.6 Å². The zero-order valence-corrected chi connectivity index (χ0v) is 20.0. The van der Waals surface area contributed by atoms with Crippen LogP contribution in [0.4, 0.5) is 0 Å². The molecule has 1 aliphatic carbocycles. The molecular formula is C24H39N5S+2. The molecule has 1 aliphatic heterocycles. The van der Waals surface area contributed by atoms with Gasteiger partial charge in [0.2, 0.25) is 4.77 Å². The van der Waals surface area contributed by atoms with Crippen LogP contribution in [0.2, 0.25) is 0 Å². The van der Waals surface area contributed by atoms with E-state index in [4.69, 9.17) is 17.3 Å². The molecule has 30 heavy (non-hydrogen) atoms. The second kappa shape index (κ2) is 8.93. The van der Waals surface area contributed by atoms with E-state index in [2.05, 4.69) is 61.3 Å². The van der Waals surface area contributed by atoms with Crippen molar-refractivity contribution in [2.45, 2.75) is 71.0 Å². The minimum atomic E-state index is 0.160. The summed E-state index contributed by atoms with van der Waals surface area (Å²) >= 11 is 6.00. The molecule has 0 radical (unpaired) electrons. The largest absolute Gasteiger partial charge is 0.333 e. The lowest BCUT2D eigenvalue weighted by atomic mass is 9.86. The predicted molar refractivity (Wildman–Crippen MR) is 125 cm³/mol. The van der Waals surface area contributed by atoms with E-state index in [1.165, 1.54) is 69.4 Å². The van der Waals surface area contributed by atoms with Crippen molar-refractivity contribution >= 4 is 12.2 Å². The van der Waals surface area contributed by atoms with Crippen LogP contribution in [0.3, 0.4) is 0 Å². The third-order valence-corrected chi connectivity index (χ3v) is 7.39. The standard InChI is InChI=1S/C24H37N5S/c1-24(2,3)20-12-10-19(11-13-20)22-25-28(18-27-15-7-14-26(4)16-17-27)23(30)29(22)21-8-5-6-9-21/h10-13,21H,5-9,14-18H2,1-4H3/p+2. The number of nitrogens with one attached hydrogen (secondary N) is 2. The highest BCUT2D eigenvalue weighted by molar-refractivity contribution is 7.71. The Balaban J connectivity index is 1.67. The number of hydrogen-bond acceptors (Lipinski definition) is 2. The van der Waals surface area contributed by atoms with Crippen molar-refractivity contribution in [3.05, 3.63) is 34.6 Å². The summed E-state index contributed by atoms with van der Waals surface area (Å²) in [5, 5.41) is 5.11. The minimum absolute atomic E-state index is 0.160. The fraction of sp³-hybridized carbons (Fsp3) is 0.667. The number of benzene rings is 1. The van der Waals surface area contributed by atoms with Crippen molar-refractivity contribution in [1.82, 2.24) is 14.3 Å². The molecule has 1 saturated heterocycles. The average Bonchev–Trinajstić information content (AvgIpc) is 3.28. The van der Waals surface area contributed by atoms with Gasteiger partial charge in [-0.2, -0.15) is 4.68 Å². The lowest BCUT2D eigenvalue weighted by Crippen LogP contribution is -3.16. The molecule has 1 aromatic carbocycles. The second-order valence-corrected chi connectivity index (χ2v) is 10.8. The molecule has 2 N–H and O–H groups in total. The van der Waals surface area contributed by atoms with Gasteiger partial charge in [-0.25, -0.2) is 0 Å². The fourth-order valence-corrected chi connectivity index (χ4v) is 5.32. The summed E-state index contributed by atoms with van der Waals surface area (Å²) in [7, 11) is 2.31. The summed E-state index contributed by atoms with van der Waals surface area (Å²) in [5.74, 6) is 1.06. The molecule has 0 bridgehead atoms. The first kappa shape index (κ1) is 21.7. The van der Waals surface area contributed by atoms with Crippen molar-refractivity contribution in [3.8, 4) is 11.4 Å². The maximum absolute atomic E-state index is 6.00. The van der Waals surface area contributed by atoms with E-state index < -0.39 is 0 Å². The molecule has 164 valence electrons. The molecule has 2 unspecified atom stereocenters. The number of rotatable bonds is 4. The van der Waals surface area contributed by atoms with Gasteiger partial charge in [-0.3, -0.25) is 4.57 Å². The van der Waals surface area contributed by atoms with E-state index in [9.17, 15) is 0 Å². The number of quaternary nitrogens is 2. The lowest BCUT2D eigenvalue weighted by molar-refractivity contribution is -0.945. The molecule has 0 spiro atoms. The highest BCUT2D eigenvalue weighted by Gasteiger charge is 2.26. The quantitative estimate of drug-likeness (QED) is 0.731. The number of hydrogen-bond donors (Lipinski definition) is 2. The van der Waals surface area contributed by atoms with E-state index in [1.807, 2.05) is 0 Å². The Hall–Kier alpha value is -1.50. The van der Waals surface area contributed by atoms with E-state index in [1.54, 1.807) is 9.80 Å². The summed E-state index contributed by atoms with van der Waals surface area (Å²) in [6.45, 7) is 12.6. The molecule has 5 nitrogen and oxygen atoms in total. The molecule has 4 rings (SSSR count). The van der Waals surface area contributed by atoms with Gasteiger partial charge in [-0.1, -0.05) is 57.9 Å². The van der Waals surface area contributed by atoms with E-state index in [0.29, 0.717) is 6.04 Å². The fourth-order valence-electron chi connectivity index (χ4n) is 4.98. The van der Waals surface area contributed by atoms with Gasteiger partial charge in [0.05, 0.1) is 20.1 Å². The molecule has 6 heteroatoms. The maximum atomic E-state index is 6.00. The van der Waals surface area contributed by atoms with Crippen molar-refractivity contribution in [1.29, 1.82) is 0 Å². The Morgan fingerprint density at radius 1 is 1.00 bits per heavy atom. The smallest absolute Gasteiger partial charge is 0.203 e. The summed E-state index contributed by atoms with van der Waals surface area (Å²) in [6, 6.07) is 9.50. The Kier molecular flexibility index (Phi) is 6.47. The monoisotopic (exact) mass is 429 g/mol. The van der Waals surface area contributed by atoms with Crippen LogP contribution in [0.5, 0.6) is 0 Å². The van der Waals surface area contributed by atoms with Gasteiger partial charge in [0.1, 0.15) is 13.1 Å². The van der Waals surface area contributed by atoms with Gasteiger partial charge in [-0.15, -0.1) is 5.10 Å². The van der Waals surface area contributed by atoms with Crippen LogP contribution >= 0.6 is 12.2 Å². The van der Waals surface area contributed by atoms with Gasteiger partial charge < -0.3 is 9.80 Å². The molecule has 2 heterocycles. The van der Waals surface area contributed by atoms with Gasteiger partial charge in [0, 0.05) is 18.0 Å². The highest BCUT2D eigenvalue weighted by Crippen LogP contribution is 2.34. The van der Waals surface area contributed by atoms with Gasteiger partial charge >= 0.3 is 0 Å². The van der Waals surface area contributed by atoms with E-state index in [0.717, 1.165) is 17.3 Å². The van der Waals surface area contributed by atoms with Crippen molar-refractivity contribution < 1.29 is 9.80 Å². The van der Waals surface area contributed by atoms with E-state index >= 15 is 0 Å². The first-order valence-electron chi connectivity index (χ1n) is 11.8. The van der Waals surface area contributed by atoms with Crippen LogP contribution < -0.4 is 9.80 Å². The van der Waals surface area contributed by atoms with Crippen LogP contribution in [0.15, 0.2) is 24.3 Å². The number of likely N-dealkylation sites (N-methyl/N-ethyl adjacent to an activating group) is 1. The molecule has 0 amide bonds. The molecule has 2 fully saturated rings. The summed E-state index contributed by atoms with van der Waals surface area (Å²) in [4.78, 5) is 3.25. The maximum Gasteiger partial charge on any atom is 0.203 e. The molecular weight excluding hydrogens is 390 g/mol. The predicted octanol–water partition coefficient (Wildman–Crippen LogP) is 2.25. The van der Waals surface area contributed by atoms with Crippen LogP contribution in [-0.4, -0.2) is 47.6 Å². The van der Waals surface area contributed by atoms with Crippen LogP contribution in [0.1, 0.15) is 64.5 Å². The van der Waals surface area contributed by atoms with Crippen LogP contribution in [0.25, 0.3) is 11.4 Å². The molecule has 1 aromatic heterocycles. The molecule has 2 atom stereocenters. The second-order valence-electron chi connectivity index (χ2n) is 10.5. The Labute approximate surface area is 186 Å². The zero-order valence-electron chi connectivity index (χ0n) is 19.2. The summed E-state index contributed by atoms with van der Waals surface area (Å²) in [6.07, 6.45) is 6.31. The summed E-state index contributed by atoms with van der Waals surface area (Å²) in [5.41, 5.74) is 2.71. The van der Waals surface area contributed by atoms with Gasteiger partial charge in [0.15, 0.2) is 12.5 Å². The normalized spacial score (nSPS) is 23.6. The molecule has 2 aliphatic rings. The van der Waals surface area contributed by atoms with Crippen molar-refractivity contribution in [2.75, 3.05) is 33.2 Å². The Morgan fingerprint density at radius 2 is 1.70 bits per heavy atom. The van der Waals surface area contributed by atoms with Crippen molar-refractivity contribution in [3.63, 3.8) is 0 Å². The lowest BCUT2D eigenvalue weighted by Gasteiger charge is -2.19. The Morgan fingerprint density at radius 3 is 2.37 bits per heavy atom.